The Morgan fingerprint density at radius 3 is 2.54 bits per heavy atom. The van der Waals surface area contributed by atoms with Gasteiger partial charge in [-0.05, 0) is 45.1 Å². The number of guanidine groups is 1. The van der Waals surface area contributed by atoms with E-state index in [9.17, 15) is 8.42 Å². The Morgan fingerprint density at radius 2 is 2.00 bits per heavy atom. The summed E-state index contributed by atoms with van der Waals surface area (Å²) in [5.74, 6) is 0.968. The fraction of sp³-hybridized carbons (Fsp3) is 0.778. The number of hydrogen-bond donors (Lipinski definition) is 2. The Hall–Kier alpha value is -1.57. The topological polar surface area (TPSA) is 88.4 Å². The molecule has 0 bridgehead atoms. The van der Waals surface area contributed by atoms with Gasteiger partial charge in [0, 0.05) is 38.1 Å². The van der Waals surface area contributed by atoms with Gasteiger partial charge >= 0.3 is 0 Å². The third-order valence-corrected chi connectivity index (χ3v) is 5.05. The van der Waals surface area contributed by atoms with E-state index in [-0.39, 0.29) is 11.2 Å². The molecule has 0 radical (unpaired) electrons. The van der Waals surface area contributed by atoms with Crippen LogP contribution in [-0.2, 0) is 16.4 Å². The summed E-state index contributed by atoms with van der Waals surface area (Å²) in [7, 11) is -2.94. The van der Waals surface area contributed by atoms with Crippen LogP contribution in [0.1, 0.15) is 45.0 Å². The molecule has 1 aromatic rings. The first kappa shape index (κ1) is 22.5. The minimum Gasteiger partial charge on any atom is -0.357 e. The molecule has 0 saturated heterocycles. The van der Waals surface area contributed by atoms with Gasteiger partial charge in [-0.3, -0.25) is 9.67 Å². The fourth-order valence-electron chi connectivity index (χ4n) is 2.51. The maximum absolute atomic E-state index is 11.4. The van der Waals surface area contributed by atoms with Gasteiger partial charge in [0.25, 0.3) is 0 Å². The Morgan fingerprint density at radius 1 is 1.31 bits per heavy atom. The van der Waals surface area contributed by atoms with Crippen LogP contribution in [-0.4, -0.2) is 55.8 Å². The van der Waals surface area contributed by atoms with Gasteiger partial charge < -0.3 is 10.6 Å². The van der Waals surface area contributed by atoms with Gasteiger partial charge in [-0.1, -0.05) is 13.8 Å². The minimum absolute atomic E-state index is 0.158. The Balaban J connectivity index is 2.48. The van der Waals surface area contributed by atoms with Crippen LogP contribution in [0, 0.1) is 19.3 Å². The number of nitrogens with one attached hydrogen (secondary N) is 2. The van der Waals surface area contributed by atoms with Crippen LogP contribution in [0.2, 0.25) is 0 Å². The van der Waals surface area contributed by atoms with Crippen molar-refractivity contribution >= 4 is 15.8 Å². The minimum atomic E-state index is -2.94. The van der Waals surface area contributed by atoms with Gasteiger partial charge in [-0.25, -0.2) is 8.42 Å². The molecular formula is C18H35N5O2S. The predicted octanol–water partition coefficient (Wildman–Crippen LogP) is 1.91. The second-order valence-corrected chi connectivity index (χ2v) is 9.93. The number of sulfone groups is 1. The summed E-state index contributed by atoms with van der Waals surface area (Å²) in [6, 6.07) is 2.08. The van der Waals surface area contributed by atoms with Crippen molar-refractivity contribution in [2.45, 2.75) is 54.0 Å². The van der Waals surface area contributed by atoms with Crippen molar-refractivity contribution in [1.82, 2.24) is 20.4 Å². The van der Waals surface area contributed by atoms with Crippen LogP contribution >= 0.6 is 0 Å². The van der Waals surface area contributed by atoms with Crippen molar-refractivity contribution in [3.8, 4) is 0 Å². The Labute approximate surface area is 158 Å². The Kier molecular flexibility index (Phi) is 8.59. The molecule has 1 rings (SSSR count). The van der Waals surface area contributed by atoms with Gasteiger partial charge in [0.05, 0.1) is 11.4 Å². The second kappa shape index (κ2) is 9.94. The highest BCUT2D eigenvalue weighted by Gasteiger charge is 2.20. The molecule has 0 aliphatic carbocycles. The molecule has 0 saturated carbocycles. The van der Waals surface area contributed by atoms with E-state index in [1.165, 1.54) is 11.9 Å². The van der Waals surface area contributed by atoms with E-state index in [2.05, 4.69) is 33.7 Å². The maximum Gasteiger partial charge on any atom is 0.191 e. The molecular weight excluding hydrogens is 350 g/mol. The molecule has 1 heterocycles. The van der Waals surface area contributed by atoms with Crippen LogP contribution in [0.3, 0.4) is 0 Å². The van der Waals surface area contributed by atoms with E-state index in [1.807, 2.05) is 32.4 Å². The van der Waals surface area contributed by atoms with Crippen molar-refractivity contribution in [2.24, 2.45) is 10.4 Å². The highest BCUT2D eigenvalue weighted by molar-refractivity contribution is 7.90. The van der Waals surface area contributed by atoms with E-state index in [0.717, 1.165) is 37.7 Å². The summed E-state index contributed by atoms with van der Waals surface area (Å²) in [6.45, 7) is 13.2. The third kappa shape index (κ3) is 9.22. The monoisotopic (exact) mass is 385 g/mol. The maximum atomic E-state index is 11.4. The highest BCUT2D eigenvalue weighted by Crippen LogP contribution is 2.21. The van der Waals surface area contributed by atoms with E-state index >= 15 is 0 Å². The first-order valence-corrected chi connectivity index (χ1v) is 11.3. The molecule has 0 amide bonds. The quantitative estimate of drug-likeness (QED) is 0.365. The molecule has 0 aliphatic heterocycles. The van der Waals surface area contributed by atoms with E-state index in [4.69, 9.17) is 0 Å². The average Bonchev–Trinajstić information content (AvgIpc) is 2.84. The molecule has 7 nitrogen and oxygen atoms in total. The van der Waals surface area contributed by atoms with Crippen molar-refractivity contribution in [1.29, 1.82) is 0 Å². The van der Waals surface area contributed by atoms with Crippen LogP contribution in [0.5, 0.6) is 0 Å². The third-order valence-electron chi connectivity index (χ3n) is 4.10. The SMILES string of the molecule is CCNC(=NCC(C)(C)CCS(C)(=O)=O)NCCCn1nc(C)cc1C. The zero-order chi connectivity index (χ0) is 19.8. The number of nitrogens with zero attached hydrogens (tertiary/aromatic N) is 3. The second-order valence-electron chi connectivity index (χ2n) is 7.67. The van der Waals surface area contributed by atoms with Gasteiger partial charge in [0.1, 0.15) is 9.84 Å². The Bertz CT molecular complexity index is 692. The molecule has 2 N–H and O–H groups in total. The molecule has 150 valence electrons. The zero-order valence-corrected chi connectivity index (χ0v) is 17.9. The summed E-state index contributed by atoms with van der Waals surface area (Å²) in [5.41, 5.74) is 2.06. The highest BCUT2D eigenvalue weighted by atomic mass is 32.2. The van der Waals surface area contributed by atoms with Gasteiger partial charge in [0.15, 0.2) is 5.96 Å². The lowest BCUT2D eigenvalue weighted by Crippen LogP contribution is -2.39. The van der Waals surface area contributed by atoms with Gasteiger partial charge in [0.2, 0.25) is 0 Å². The molecule has 0 aliphatic rings. The lowest BCUT2D eigenvalue weighted by molar-refractivity contribution is 0.365. The summed E-state index contributed by atoms with van der Waals surface area (Å²) in [4.78, 5) is 4.63. The molecule has 0 atom stereocenters. The number of rotatable bonds is 10. The van der Waals surface area contributed by atoms with Crippen molar-refractivity contribution < 1.29 is 8.42 Å². The normalized spacial score (nSPS) is 13.1. The number of aryl methyl sites for hydroxylation is 3. The first-order chi connectivity index (χ1) is 12.0. The molecule has 1 aromatic heterocycles. The lowest BCUT2D eigenvalue weighted by atomic mass is 9.90. The number of hydrogen-bond acceptors (Lipinski definition) is 4. The van der Waals surface area contributed by atoms with Crippen LogP contribution in [0.15, 0.2) is 11.1 Å². The van der Waals surface area contributed by atoms with E-state index in [0.29, 0.717) is 13.0 Å². The molecule has 0 aromatic carbocycles. The summed E-state index contributed by atoms with van der Waals surface area (Å²) < 4.78 is 24.8. The zero-order valence-electron chi connectivity index (χ0n) is 17.1. The average molecular weight is 386 g/mol. The smallest absolute Gasteiger partial charge is 0.191 e. The van der Waals surface area contributed by atoms with Crippen LogP contribution in [0.25, 0.3) is 0 Å². The summed E-state index contributed by atoms with van der Waals surface area (Å²) >= 11 is 0. The molecule has 0 spiro atoms. The standard InChI is InChI=1S/C18H35N5O2S/c1-7-19-17(21-14-18(4,5)9-12-26(6,24)25)20-10-8-11-23-16(3)13-15(2)22-23/h13H,7-12,14H2,1-6H3,(H2,19,20,21). The van der Waals surface area contributed by atoms with E-state index in [1.54, 1.807) is 0 Å². The van der Waals surface area contributed by atoms with Crippen LogP contribution in [0.4, 0.5) is 0 Å². The number of aromatic nitrogens is 2. The number of aliphatic imine (C=N–C) groups is 1. The molecule has 8 heteroatoms. The molecule has 26 heavy (non-hydrogen) atoms. The van der Waals surface area contributed by atoms with Gasteiger partial charge in [-0.2, -0.15) is 5.10 Å². The van der Waals surface area contributed by atoms with E-state index < -0.39 is 9.84 Å². The predicted molar refractivity (Wildman–Crippen MR) is 108 cm³/mol. The lowest BCUT2D eigenvalue weighted by Gasteiger charge is -2.22. The molecule has 0 unspecified atom stereocenters. The largest absolute Gasteiger partial charge is 0.357 e. The first-order valence-electron chi connectivity index (χ1n) is 9.23. The van der Waals surface area contributed by atoms with Gasteiger partial charge in [-0.15, -0.1) is 0 Å². The summed E-state index contributed by atoms with van der Waals surface area (Å²) in [6.07, 6.45) is 2.83. The van der Waals surface area contributed by atoms with Crippen molar-refractivity contribution in [3.63, 3.8) is 0 Å². The fourth-order valence-corrected chi connectivity index (χ4v) is 3.44. The summed E-state index contributed by atoms with van der Waals surface area (Å²) in [5, 5.41) is 11.0. The van der Waals surface area contributed by atoms with Crippen molar-refractivity contribution in [2.75, 3.05) is 31.6 Å². The van der Waals surface area contributed by atoms with Crippen molar-refractivity contribution in [3.05, 3.63) is 17.5 Å². The van der Waals surface area contributed by atoms with Crippen LogP contribution < -0.4 is 10.6 Å². The molecule has 0 fully saturated rings.